The number of hydrogen-bond donors (Lipinski definition) is 2. The number of aromatic nitrogens is 1. The molecule has 0 bridgehead atoms. The van der Waals surface area contributed by atoms with Crippen LogP contribution in [0.15, 0.2) is 18.2 Å². The first-order valence-electron chi connectivity index (χ1n) is 7.09. The zero-order chi connectivity index (χ0) is 12.4. The van der Waals surface area contributed by atoms with Crippen LogP contribution in [-0.4, -0.2) is 17.6 Å². The van der Waals surface area contributed by atoms with Crippen molar-refractivity contribution in [2.75, 3.05) is 16.9 Å². The molecule has 1 saturated carbocycles. The molecule has 18 heavy (non-hydrogen) atoms. The lowest BCUT2D eigenvalue weighted by Crippen LogP contribution is -2.47. The first kappa shape index (κ1) is 11.8. The van der Waals surface area contributed by atoms with Crippen LogP contribution in [0.3, 0.4) is 0 Å². The minimum atomic E-state index is 0.702. The third-order valence-corrected chi connectivity index (χ3v) is 4.42. The van der Waals surface area contributed by atoms with Gasteiger partial charge in [0.15, 0.2) is 0 Å². The summed E-state index contributed by atoms with van der Waals surface area (Å²) >= 11 is 0. The number of nitrogens with zero attached hydrogens (tertiary/aromatic N) is 2. The molecule has 1 aromatic heterocycles. The molecule has 2 atom stereocenters. The predicted molar refractivity (Wildman–Crippen MR) is 74.4 cm³/mol. The maximum absolute atomic E-state index is 5.45. The van der Waals surface area contributed by atoms with E-state index in [1.54, 1.807) is 0 Å². The number of anilines is 2. The second kappa shape index (κ2) is 5.14. The summed E-state index contributed by atoms with van der Waals surface area (Å²) in [5.74, 6) is 8.17. The van der Waals surface area contributed by atoms with E-state index in [1.807, 2.05) is 12.1 Å². The highest BCUT2D eigenvalue weighted by Crippen LogP contribution is 2.37. The lowest BCUT2D eigenvalue weighted by Gasteiger charge is -2.44. The van der Waals surface area contributed by atoms with Crippen molar-refractivity contribution in [1.82, 2.24) is 4.98 Å². The van der Waals surface area contributed by atoms with Crippen molar-refractivity contribution in [3.05, 3.63) is 18.2 Å². The average Bonchev–Trinajstić information content (AvgIpc) is 2.47. The Balaban J connectivity index is 1.84. The Labute approximate surface area is 109 Å². The number of rotatable bonds is 2. The molecule has 4 nitrogen and oxygen atoms in total. The topological polar surface area (TPSA) is 54.2 Å². The monoisotopic (exact) mass is 246 g/mol. The Hall–Kier alpha value is -1.29. The van der Waals surface area contributed by atoms with Crippen molar-refractivity contribution in [3.8, 4) is 0 Å². The molecule has 0 amide bonds. The minimum Gasteiger partial charge on any atom is -0.353 e. The summed E-state index contributed by atoms with van der Waals surface area (Å²) < 4.78 is 0. The SMILES string of the molecule is NNc1cccc(N2CCCC3CCCCC32)n1. The summed E-state index contributed by atoms with van der Waals surface area (Å²) in [6.07, 6.45) is 8.20. The van der Waals surface area contributed by atoms with Crippen molar-refractivity contribution < 1.29 is 0 Å². The van der Waals surface area contributed by atoms with Gasteiger partial charge in [0.2, 0.25) is 0 Å². The van der Waals surface area contributed by atoms with E-state index in [9.17, 15) is 0 Å². The summed E-state index contributed by atoms with van der Waals surface area (Å²) in [5.41, 5.74) is 2.64. The Bertz CT molecular complexity index is 405. The summed E-state index contributed by atoms with van der Waals surface area (Å²) in [6, 6.07) is 6.75. The molecular weight excluding hydrogens is 224 g/mol. The first-order chi connectivity index (χ1) is 8.88. The number of pyridine rings is 1. The van der Waals surface area contributed by atoms with Gasteiger partial charge in [-0.15, -0.1) is 0 Å². The van der Waals surface area contributed by atoms with E-state index in [-0.39, 0.29) is 0 Å². The molecule has 0 aromatic carbocycles. The number of fused-ring (bicyclic) bond motifs is 1. The molecule has 3 rings (SSSR count). The summed E-state index contributed by atoms with van der Waals surface area (Å²) in [4.78, 5) is 7.10. The van der Waals surface area contributed by atoms with Crippen LogP contribution < -0.4 is 16.2 Å². The van der Waals surface area contributed by atoms with Crippen molar-refractivity contribution in [1.29, 1.82) is 0 Å². The normalized spacial score (nSPS) is 27.7. The highest BCUT2D eigenvalue weighted by atomic mass is 15.3. The van der Waals surface area contributed by atoms with Crippen LogP contribution in [0.2, 0.25) is 0 Å². The molecule has 2 fully saturated rings. The van der Waals surface area contributed by atoms with Crippen molar-refractivity contribution >= 4 is 11.6 Å². The molecule has 2 aliphatic rings. The molecule has 0 radical (unpaired) electrons. The van der Waals surface area contributed by atoms with Gasteiger partial charge >= 0.3 is 0 Å². The standard InChI is InChI=1S/C14H22N4/c15-17-13-8-3-9-14(16-13)18-10-4-6-11-5-1-2-7-12(11)18/h3,8-9,11-12H,1-2,4-7,10,15H2,(H,16,17). The van der Waals surface area contributed by atoms with Gasteiger partial charge in [-0.2, -0.15) is 0 Å². The van der Waals surface area contributed by atoms with Gasteiger partial charge in [0.05, 0.1) is 0 Å². The second-order valence-electron chi connectivity index (χ2n) is 5.47. The van der Waals surface area contributed by atoms with Crippen LogP contribution in [0.5, 0.6) is 0 Å². The molecule has 2 unspecified atom stereocenters. The largest absolute Gasteiger partial charge is 0.353 e. The van der Waals surface area contributed by atoms with E-state index in [1.165, 1.54) is 38.5 Å². The molecule has 3 N–H and O–H groups in total. The Kier molecular flexibility index (Phi) is 3.37. The van der Waals surface area contributed by atoms with E-state index >= 15 is 0 Å². The summed E-state index contributed by atoms with van der Waals surface area (Å²) in [5, 5.41) is 0. The third-order valence-electron chi connectivity index (χ3n) is 4.42. The van der Waals surface area contributed by atoms with Gasteiger partial charge in [-0.25, -0.2) is 10.8 Å². The summed E-state index contributed by atoms with van der Waals surface area (Å²) in [7, 11) is 0. The van der Waals surface area contributed by atoms with E-state index in [0.29, 0.717) is 6.04 Å². The quantitative estimate of drug-likeness (QED) is 0.622. The second-order valence-corrected chi connectivity index (χ2v) is 5.47. The van der Waals surface area contributed by atoms with Gasteiger partial charge in [0.1, 0.15) is 11.6 Å². The zero-order valence-electron chi connectivity index (χ0n) is 10.8. The lowest BCUT2D eigenvalue weighted by molar-refractivity contribution is 0.243. The van der Waals surface area contributed by atoms with Gasteiger partial charge in [-0.3, -0.25) is 0 Å². The highest BCUT2D eigenvalue weighted by Gasteiger charge is 2.33. The molecule has 98 valence electrons. The van der Waals surface area contributed by atoms with Gasteiger partial charge in [-0.1, -0.05) is 18.9 Å². The number of nitrogen functional groups attached to an aromatic ring is 1. The van der Waals surface area contributed by atoms with Crippen LogP contribution in [-0.2, 0) is 0 Å². The molecule has 2 heterocycles. The Morgan fingerprint density at radius 1 is 1.17 bits per heavy atom. The van der Waals surface area contributed by atoms with Gasteiger partial charge in [0, 0.05) is 12.6 Å². The molecule has 1 aliphatic heterocycles. The summed E-state index contributed by atoms with van der Waals surface area (Å²) in [6.45, 7) is 1.14. The Morgan fingerprint density at radius 2 is 2.00 bits per heavy atom. The van der Waals surface area contributed by atoms with E-state index in [0.717, 1.165) is 24.1 Å². The zero-order valence-corrected chi connectivity index (χ0v) is 10.8. The lowest BCUT2D eigenvalue weighted by atomic mass is 9.78. The van der Waals surface area contributed by atoms with E-state index in [4.69, 9.17) is 5.84 Å². The van der Waals surface area contributed by atoms with Crippen LogP contribution in [0.25, 0.3) is 0 Å². The smallest absolute Gasteiger partial charge is 0.142 e. The maximum Gasteiger partial charge on any atom is 0.142 e. The fourth-order valence-electron chi connectivity index (χ4n) is 3.57. The maximum atomic E-state index is 5.45. The van der Waals surface area contributed by atoms with Crippen LogP contribution in [0, 0.1) is 5.92 Å². The molecule has 0 spiro atoms. The van der Waals surface area contributed by atoms with Crippen molar-refractivity contribution in [2.24, 2.45) is 11.8 Å². The number of nitrogens with one attached hydrogen (secondary N) is 1. The van der Waals surface area contributed by atoms with Gasteiger partial charge < -0.3 is 10.3 Å². The van der Waals surface area contributed by atoms with Crippen LogP contribution in [0.1, 0.15) is 38.5 Å². The number of nitrogens with two attached hydrogens (primary N) is 1. The number of hydrogen-bond acceptors (Lipinski definition) is 4. The fourth-order valence-corrected chi connectivity index (χ4v) is 3.57. The van der Waals surface area contributed by atoms with Crippen LogP contribution in [0.4, 0.5) is 11.6 Å². The number of hydrazine groups is 1. The molecule has 1 aromatic rings. The van der Waals surface area contributed by atoms with Crippen LogP contribution >= 0.6 is 0 Å². The first-order valence-corrected chi connectivity index (χ1v) is 7.09. The molecular formula is C14H22N4. The third kappa shape index (κ3) is 2.17. The highest BCUT2D eigenvalue weighted by molar-refractivity contribution is 5.47. The Morgan fingerprint density at radius 3 is 2.89 bits per heavy atom. The van der Waals surface area contributed by atoms with Gasteiger partial charge in [-0.05, 0) is 43.7 Å². The predicted octanol–water partition coefficient (Wildman–Crippen LogP) is 2.53. The molecule has 1 saturated heterocycles. The number of piperidine rings is 1. The fraction of sp³-hybridized carbons (Fsp3) is 0.643. The minimum absolute atomic E-state index is 0.702. The van der Waals surface area contributed by atoms with E-state index in [2.05, 4.69) is 21.4 Å². The van der Waals surface area contributed by atoms with Crippen molar-refractivity contribution in [3.63, 3.8) is 0 Å². The average molecular weight is 246 g/mol. The van der Waals surface area contributed by atoms with E-state index < -0.39 is 0 Å². The van der Waals surface area contributed by atoms with Gasteiger partial charge in [0.25, 0.3) is 0 Å². The van der Waals surface area contributed by atoms with Crippen molar-refractivity contribution in [2.45, 2.75) is 44.6 Å². The molecule has 4 heteroatoms. The molecule has 1 aliphatic carbocycles.